The van der Waals surface area contributed by atoms with E-state index in [2.05, 4.69) is 39.9 Å². The summed E-state index contributed by atoms with van der Waals surface area (Å²) in [5.74, 6) is 1.38. The molecule has 28 heteroatoms. The summed E-state index contributed by atoms with van der Waals surface area (Å²) in [5.41, 5.74) is -29.0. The molecule has 0 aliphatic heterocycles. The molecule has 0 fully saturated rings. The topological polar surface area (TPSA) is 26.0 Å². The number of alkyl halides is 24. The van der Waals surface area contributed by atoms with E-state index in [-0.39, 0.29) is 0 Å². The minimum atomic E-state index is -6.13. The van der Waals surface area contributed by atoms with Gasteiger partial charge in [0, 0.05) is 5.56 Å². The van der Waals surface area contributed by atoms with Crippen LogP contribution in [0, 0.1) is 0 Å². The fraction of sp³-hybridized carbons (Fsp3) is 0.170. The molecule has 81 heavy (non-hydrogen) atoms. The Labute approximate surface area is 439 Å². The fourth-order valence-electron chi connectivity index (χ4n) is 8.78. The van der Waals surface area contributed by atoms with Gasteiger partial charge in [0.15, 0.2) is 12.7 Å². The number of aromatic nitrogens is 2. The van der Waals surface area contributed by atoms with Crippen LogP contribution in [-0.4, -0.2) is 11.1 Å². The molecule has 0 unspecified atom stereocenters. The minimum Gasteiger partial charge on any atom is -0.434 e. The third-order valence-corrected chi connectivity index (χ3v) is 12.3. The molecule has 428 valence electrons. The maximum absolute atomic E-state index is 14.2. The SMILES string of the molecule is FC(F)(F)c1cc([B-](c2cc(C(F)(F)F)cc(C(F)(F)F)c2)(c2cc(C(F)(F)F)cc(C(F)(F)F)c2)c2cc(C(F)(F)F)cc(C(F)(F)F)c2)cc(C(F)(F)F)c1.c1ccc(C[n+]2ccnc(Oc3ccc4ccccc4c3)c2)cc1. The Kier molecular flexibility index (Phi) is 16.1. The lowest BCUT2D eigenvalue weighted by atomic mass is 9.12. The number of rotatable bonds is 8. The van der Waals surface area contributed by atoms with Crippen molar-refractivity contribution in [2.24, 2.45) is 0 Å². The molecule has 0 bridgehead atoms. The van der Waals surface area contributed by atoms with E-state index >= 15 is 0 Å². The Morgan fingerprint density at radius 2 is 0.654 bits per heavy atom. The monoisotopic (exact) mass is 1180 g/mol. The second-order valence-corrected chi connectivity index (χ2v) is 17.9. The van der Waals surface area contributed by atoms with E-state index in [1.54, 1.807) is 6.20 Å². The third-order valence-electron chi connectivity index (χ3n) is 12.3. The van der Waals surface area contributed by atoms with Gasteiger partial charge < -0.3 is 4.74 Å². The van der Waals surface area contributed by atoms with Gasteiger partial charge in [-0.2, -0.15) is 132 Å². The van der Waals surface area contributed by atoms with Crippen molar-refractivity contribution in [3.8, 4) is 11.6 Å². The summed E-state index contributed by atoms with van der Waals surface area (Å²) in [7, 11) is 0. The summed E-state index contributed by atoms with van der Waals surface area (Å²) < 4.78 is 349. The van der Waals surface area contributed by atoms with E-state index in [4.69, 9.17) is 4.74 Å². The Morgan fingerprint density at radius 3 is 0.975 bits per heavy atom. The van der Waals surface area contributed by atoms with Crippen molar-refractivity contribution in [2.75, 3.05) is 0 Å². The quantitative estimate of drug-likeness (QED) is 0.0861. The van der Waals surface area contributed by atoms with Crippen molar-refractivity contribution in [3.05, 3.63) is 214 Å². The van der Waals surface area contributed by atoms with E-state index < -0.39 is 195 Å². The number of fused-ring (bicyclic) bond motifs is 1. The Hall–Kier alpha value is -7.94. The lowest BCUT2D eigenvalue weighted by Crippen LogP contribution is -2.75. The summed E-state index contributed by atoms with van der Waals surface area (Å²) in [5, 5.41) is 2.35. The first-order valence-electron chi connectivity index (χ1n) is 22.5. The molecule has 0 atom stereocenters. The Bertz CT molecular complexity index is 3120. The van der Waals surface area contributed by atoms with Crippen molar-refractivity contribution in [1.29, 1.82) is 0 Å². The van der Waals surface area contributed by atoms with E-state index in [1.807, 2.05) is 54.9 Å². The van der Waals surface area contributed by atoms with E-state index in [1.165, 1.54) is 10.9 Å². The van der Waals surface area contributed by atoms with E-state index in [0.717, 1.165) is 17.7 Å². The number of hydrogen-bond donors (Lipinski definition) is 0. The van der Waals surface area contributed by atoms with Crippen LogP contribution < -0.4 is 31.2 Å². The molecular formula is C53H29BF24N2O. The van der Waals surface area contributed by atoms with Crippen molar-refractivity contribution in [1.82, 2.24) is 4.98 Å². The van der Waals surface area contributed by atoms with Gasteiger partial charge in [-0.3, -0.25) is 0 Å². The molecule has 0 radical (unpaired) electrons. The molecule has 0 saturated heterocycles. The van der Waals surface area contributed by atoms with Gasteiger partial charge in [-0.15, -0.1) is 0 Å². The maximum Gasteiger partial charge on any atom is 0.416 e. The maximum atomic E-state index is 14.2. The van der Waals surface area contributed by atoms with E-state index in [9.17, 15) is 105 Å². The van der Waals surface area contributed by atoms with Gasteiger partial charge in [0.25, 0.3) is 5.88 Å². The predicted octanol–water partition coefficient (Wildman–Crippen LogP) is 15.6. The highest BCUT2D eigenvalue weighted by Gasteiger charge is 2.47. The fourth-order valence-corrected chi connectivity index (χ4v) is 8.78. The van der Waals surface area contributed by atoms with Gasteiger partial charge in [-0.1, -0.05) is 109 Å². The molecule has 8 rings (SSSR count). The minimum absolute atomic E-state index is 0.587. The average Bonchev–Trinajstić information content (AvgIpc) is 3.32. The average molecular weight is 1180 g/mol. The molecule has 0 aliphatic carbocycles. The molecule has 0 N–H and O–H groups in total. The largest absolute Gasteiger partial charge is 0.434 e. The summed E-state index contributed by atoms with van der Waals surface area (Å²) in [6.07, 6.45) is -49.2. The lowest BCUT2D eigenvalue weighted by Gasteiger charge is -2.46. The van der Waals surface area contributed by atoms with Crippen molar-refractivity contribution in [3.63, 3.8) is 0 Å². The number of ether oxygens (including phenoxy) is 1. The van der Waals surface area contributed by atoms with Crippen LogP contribution in [0.5, 0.6) is 11.6 Å². The van der Waals surface area contributed by atoms with Crippen LogP contribution in [0.25, 0.3) is 10.8 Å². The van der Waals surface area contributed by atoms with Crippen molar-refractivity contribution < 1.29 is 115 Å². The second-order valence-electron chi connectivity index (χ2n) is 17.9. The summed E-state index contributed by atoms with van der Waals surface area (Å²) in [6.45, 7) is 0.789. The highest BCUT2D eigenvalue weighted by atomic mass is 19.4. The molecule has 0 aliphatic rings. The predicted molar refractivity (Wildman–Crippen MR) is 244 cm³/mol. The van der Waals surface area contributed by atoms with Gasteiger partial charge in [0.2, 0.25) is 6.20 Å². The summed E-state index contributed by atoms with van der Waals surface area (Å²) in [4.78, 5) is 4.31. The van der Waals surface area contributed by atoms with Crippen LogP contribution in [0.15, 0.2) is 164 Å². The van der Waals surface area contributed by atoms with Crippen LogP contribution in [0.3, 0.4) is 0 Å². The first-order chi connectivity index (χ1) is 37.1. The summed E-state index contributed by atoms with van der Waals surface area (Å²) >= 11 is 0. The van der Waals surface area contributed by atoms with E-state index in [0.29, 0.717) is 5.88 Å². The molecular weight excluding hydrogens is 1150 g/mol. The van der Waals surface area contributed by atoms with Crippen molar-refractivity contribution in [2.45, 2.75) is 56.0 Å². The van der Waals surface area contributed by atoms with Crippen LogP contribution in [0.4, 0.5) is 105 Å². The van der Waals surface area contributed by atoms with Gasteiger partial charge in [-0.05, 0) is 47.2 Å². The molecule has 3 nitrogen and oxygen atoms in total. The number of benzene rings is 7. The van der Waals surface area contributed by atoms with Crippen molar-refractivity contribution >= 4 is 38.8 Å². The molecule has 8 aromatic rings. The first kappa shape index (κ1) is 60.7. The van der Waals surface area contributed by atoms with Crippen LogP contribution in [0.2, 0.25) is 0 Å². The lowest BCUT2D eigenvalue weighted by molar-refractivity contribution is -0.689. The molecule has 7 aromatic carbocycles. The highest BCUT2D eigenvalue weighted by molar-refractivity contribution is 7.20. The standard InChI is InChI=1S/C32H12BF24.C21H17N2O/c34-25(35,36)13-1-14(26(37,38)39)6-21(5-13)33(22-7-15(27(40,41)42)2-16(8-22)28(43,44)45,23-9-17(29(46,47)48)3-18(10-23)30(49,50)51)24-11-19(31(52,53)54)4-20(12-24)32(55,56)57;1-2-6-17(7-3-1)15-23-13-12-22-21(16-23)24-20-11-10-18-8-4-5-9-19(18)14-20/h1-12H;1-14,16H,15H2/q-1;+1. The number of nitrogens with zero attached hydrogens (tertiary/aromatic N) is 2. The number of hydrogen-bond acceptors (Lipinski definition) is 2. The van der Waals surface area contributed by atoms with Gasteiger partial charge in [-0.25, -0.2) is 4.98 Å². The molecule has 0 amide bonds. The zero-order valence-electron chi connectivity index (χ0n) is 39.7. The van der Waals surface area contributed by atoms with Crippen LogP contribution >= 0.6 is 0 Å². The van der Waals surface area contributed by atoms with Gasteiger partial charge in [0.05, 0.1) is 50.7 Å². The van der Waals surface area contributed by atoms with Gasteiger partial charge in [0.1, 0.15) is 11.9 Å². The zero-order chi connectivity index (χ0) is 60.1. The molecule has 0 saturated carbocycles. The second kappa shape index (κ2) is 21.5. The molecule has 1 aromatic heterocycles. The Morgan fingerprint density at radius 1 is 0.346 bits per heavy atom. The third kappa shape index (κ3) is 14.2. The normalized spacial score (nSPS) is 13.2. The van der Waals surface area contributed by atoms with Gasteiger partial charge >= 0.3 is 49.4 Å². The summed E-state index contributed by atoms with van der Waals surface area (Å²) in [6, 6.07) is 15.8. The first-order valence-corrected chi connectivity index (χ1v) is 22.5. The Balaban J connectivity index is 0.000000323. The number of halogens is 24. The molecule has 1 heterocycles. The smallest absolute Gasteiger partial charge is 0.416 e. The molecule has 0 spiro atoms. The van der Waals surface area contributed by atoms with Crippen LogP contribution in [-0.2, 0) is 56.0 Å². The van der Waals surface area contributed by atoms with Crippen LogP contribution in [0.1, 0.15) is 50.1 Å². The highest BCUT2D eigenvalue weighted by Crippen LogP contribution is 2.42. The zero-order valence-corrected chi connectivity index (χ0v) is 39.7.